The van der Waals surface area contributed by atoms with Gasteiger partial charge in [0.05, 0.1) is 28.1 Å². The van der Waals surface area contributed by atoms with Gasteiger partial charge in [-0.1, -0.05) is 23.2 Å². The van der Waals surface area contributed by atoms with E-state index in [2.05, 4.69) is 5.32 Å². The van der Waals surface area contributed by atoms with Crippen molar-refractivity contribution in [3.8, 4) is 0 Å². The van der Waals surface area contributed by atoms with Crippen molar-refractivity contribution in [3.05, 3.63) is 27.7 Å². The van der Waals surface area contributed by atoms with Crippen molar-refractivity contribution in [1.82, 2.24) is 0 Å². The van der Waals surface area contributed by atoms with Gasteiger partial charge in [-0.25, -0.2) is 0 Å². The van der Waals surface area contributed by atoms with Crippen LogP contribution >= 0.6 is 23.2 Å². The van der Waals surface area contributed by atoms with Gasteiger partial charge in [-0.3, -0.25) is 14.4 Å². The zero-order valence-corrected chi connectivity index (χ0v) is 14.7. The molecular formula is C16H16Cl2N2O5. The minimum Gasteiger partial charge on any atom is -0.443 e. The van der Waals surface area contributed by atoms with Crippen LogP contribution in [0, 0.1) is 5.92 Å². The maximum Gasteiger partial charge on any atom is 0.310 e. The smallest absolute Gasteiger partial charge is 0.310 e. The molecule has 3 N–H and O–H groups in total. The number of fused-ring (bicyclic) bond motifs is 1. The van der Waals surface area contributed by atoms with Gasteiger partial charge in [-0.2, -0.15) is 0 Å². The standard InChI is InChI=1S/C16H16Cl2N2O5/c17-9-1-2-10(18)13-12(9)16(7-11(19)21,15(23)20-13)25-14(22)8-3-5-24-6-4-8/h1-2,8H,3-7H2,(H2,19,21)(H,20,23). The summed E-state index contributed by atoms with van der Waals surface area (Å²) in [4.78, 5) is 36.9. The molecule has 2 amide bonds. The predicted octanol–water partition coefficient (Wildman–Crippen LogP) is 1.99. The lowest BCUT2D eigenvalue weighted by Crippen LogP contribution is -2.44. The average Bonchev–Trinajstić information content (AvgIpc) is 2.85. The highest BCUT2D eigenvalue weighted by molar-refractivity contribution is 6.38. The van der Waals surface area contributed by atoms with Crippen LogP contribution in [-0.4, -0.2) is 31.0 Å². The van der Waals surface area contributed by atoms with Gasteiger partial charge in [0.2, 0.25) is 11.5 Å². The lowest BCUT2D eigenvalue weighted by atomic mass is 9.90. The second-order valence-electron chi connectivity index (χ2n) is 6.01. The van der Waals surface area contributed by atoms with Gasteiger partial charge >= 0.3 is 5.97 Å². The molecule has 134 valence electrons. The Kier molecular flexibility index (Phi) is 4.90. The van der Waals surface area contributed by atoms with Gasteiger partial charge in [0, 0.05) is 18.8 Å². The van der Waals surface area contributed by atoms with Gasteiger partial charge in [0.15, 0.2) is 0 Å². The number of hydrogen-bond acceptors (Lipinski definition) is 5. The summed E-state index contributed by atoms with van der Waals surface area (Å²) in [6.45, 7) is 0.857. The lowest BCUT2D eigenvalue weighted by Gasteiger charge is -2.30. The third kappa shape index (κ3) is 3.19. The van der Waals surface area contributed by atoms with Crippen molar-refractivity contribution in [2.75, 3.05) is 18.5 Å². The van der Waals surface area contributed by atoms with Crippen LogP contribution in [0.3, 0.4) is 0 Å². The second-order valence-corrected chi connectivity index (χ2v) is 6.83. The summed E-state index contributed by atoms with van der Waals surface area (Å²) in [6, 6.07) is 2.98. The van der Waals surface area contributed by atoms with Crippen LogP contribution in [0.1, 0.15) is 24.8 Å². The molecule has 9 heteroatoms. The molecular weight excluding hydrogens is 371 g/mol. The molecule has 0 bridgehead atoms. The number of carbonyl (C=O) groups excluding carboxylic acids is 3. The molecule has 7 nitrogen and oxygen atoms in total. The molecule has 1 fully saturated rings. The molecule has 0 aromatic heterocycles. The van der Waals surface area contributed by atoms with Crippen molar-refractivity contribution in [3.63, 3.8) is 0 Å². The number of rotatable bonds is 4. The predicted molar refractivity (Wildman–Crippen MR) is 90.2 cm³/mol. The fourth-order valence-corrected chi connectivity index (χ4v) is 3.65. The topological polar surface area (TPSA) is 108 Å². The molecule has 1 aromatic rings. The third-order valence-corrected chi connectivity index (χ3v) is 5.00. The summed E-state index contributed by atoms with van der Waals surface area (Å²) in [6.07, 6.45) is 0.424. The molecule has 1 aromatic carbocycles. The molecule has 0 aliphatic carbocycles. The highest BCUT2D eigenvalue weighted by atomic mass is 35.5. The Labute approximate surface area is 153 Å². The number of halogens is 2. The van der Waals surface area contributed by atoms with Crippen LogP contribution < -0.4 is 11.1 Å². The largest absolute Gasteiger partial charge is 0.443 e. The summed E-state index contributed by atoms with van der Waals surface area (Å²) in [5, 5.41) is 2.92. The molecule has 3 rings (SSSR count). The fraction of sp³-hybridized carbons (Fsp3) is 0.438. The first-order valence-corrected chi connectivity index (χ1v) is 8.49. The molecule has 0 saturated carbocycles. The van der Waals surface area contributed by atoms with E-state index in [-0.39, 0.29) is 21.3 Å². The number of esters is 1. The Hall–Kier alpha value is -1.83. The number of ether oxygens (including phenoxy) is 2. The average molecular weight is 387 g/mol. The van der Waals surface area contributed by atoms with Crippen molar-refractivity contribution >= 4 is 46.7 Å². The number of anilines is 1. The summed E-state index contributed by atoms with van der Waals surface area (Å²) < 4.78 is 10.8. The summed E-state index contributed by atoms with van der Waals surface area (Å²) >= 11 is 12.3. The van der Waals surface area contributed by atoms with Gasteiger partial charge in [0.25, 0.3) is 5.91 Å². The Morgan fingerprint density at radius 3 is 2.56 bits per heavy atom. The molecule has 1 unspecified atom stereocenters. The van der Waals surface area contributed by atoms with Crippen LogP contribution in [-0.2, 0) is 29.5 Å². The number of hydrogen-bond donors (Lipinski definition) is 2. The molecule has 0 radical (unpaired) electrons. The Bertz CT molecular complexity index is 748. The van der Waals surface area contributed by atoms with Gasteiger partial charge in [-0.05, 0) is 25.0 Å². The Morgan fingerprint density at radius 2 is 1.92 bits per heavy atom. The molecule has 1 atom stereocenters. The molecule has 2 aliphatic rings. The highest BCUT2D eigenvalue weighted by Crippen LogP contribution is 2.48. The van der Waals surface area contributed by atoms with Crippen LogP contribution in [0.15, 0.2) is 12.1 Å². The number of nitrogens with two attached hydrogens (primary N) is 1. The molecule has 25 heavy (non-hydrogen) atoms. The number of benzene rings is 1. The van der Waals surface area contributed by atoms with Gasteiger partial charge in [-0.15, -0.1) is 0 Å². The summed E-state index contributed by atoms with van der Waals surface area (Å²) in [7, 11) is 0. The van der Waals surface area contributed by atoms with E-state index in [4.69, 9.17) is 38.4 Å². The van der Waals surface area contributed by atoms with E-state index in [0.717, 1.165) is 0 Å². The SMILES string of the molecule is NC(=O)CC1(OC(=O)C2CCOCC2)C(=O)Nc2c(Cl)ccc(Cl)c21. The maximum atomic E-state index is 12.7. The number of amides is 2. The van der Waals surface area contributed by atoms with Crippen molar-refractivity contribution in [1.29, 1.82) is 0 Å². The van der Waals surface area contributed by atoms with E-state index >= 15 is 0 Å². The Balaban J connectivity index is 2.03. The van der Waals surface area contributed by atoms with E-state index in [9.17, 15) is 14.4 Å². The van der Waals surface area contributed by atoms with Gasteiger partial charge < -0.3 is 20.5 Å². The molecule has 1 saturated heterocycles. The van der Waals surface area contributed by atoms with Crippen molar-refractivity contribution in [2.45, 2.75) is 24.9 Å². The minimum absolute atomic E-state index is 0.152. The van der Waals surface area contributed by atoms with E-state index in [0.29, 0.717) is 26.1 Å². The zero-order chi connectivity index (χ0) is 18.2. The van der Waals surface area contributed by atoms with Crippen molar-refractivity contribution in [2.24, 2.45) is 11.7 Å². The summed E-state index contributed by atoms with van der Waals surface area (Å²) in [5.41, 5.74) is 3.78. The van der Waals surface area contributed by atoms with Crippen LogP contribution in [0.5, 0.6) is 0 Å². The van der Waals surface area contributed by atoms with Crippen LogP contribution in [0.25, 0.3) is 0 Å². The highest BCUT2D eigenvalue weighted by Gasteiger charge is 2.54. The van der Waals surface area contributed by atoms with E-state index in [1.54, 1.807) is 0 Å². The van der Waals surface area contributed by atoms with E-state index < -0.39 is 35.7 Å². The Morgan fingerprint density at radius 1 is 1.28 bits per heavy atom. The fourth-order valence-electron chi connectivity index (χ4n) is 3.13. The van der Waals surface area contributed by atoms with Crippen molar-refractivity contribution < 1.29 is 23.9 Å². The second kappa shape index (κ2) is 6.82. The zero-order valence-electron chi connectivity index (χ0n) is 13.1. The summed E-state index contributed by atoms with van der Waals surface area (Å²) in [5.74, 6) is -2.52. The van der Waals surface area contributed by atoms with Crippen LogP contribution in [0.4, 0.5) is 5.69 Å². The maximum absolute atomic E-state index is 12.7. The first kappa shape index (κ1) is 18.0. The molecule has 2 aliphatic heterocycles. The first-order chi connectivity index (χ1) is 11.8. The number of carbonyl (C=O) groups is 3. The van der Waals surface area contributed by atoms with Gasteiger partial charge in [0.1, 0.15) is 0 Å². The van der Waals surface area contributed by atoms with E-state index in [1.165, 1.54) is 12.1 Å². The quantitative estimate of drug-likeness (QED) is 0.769. The third-order valence-electron chi connectivity index (χ3n) is 4.37. The lowest BCUT2D eigenvalue weighted by molar-refractivity contribution is -0.175. The normalized spacial score (nSPS) is 23.0. The first-order valence-electron chi connectivity index (χ1n) is 7.74. The van der Waals surface area contributed by atoms with Crippen LogP contribution in [0.2, 0.25) is 10.0 Å². The number of nitrogens with one attached hydrogen (secondary N) is 1. The molecule has 0 spiro atoms. The molecule has 2 heterocycles. The minimum atomic E-state index is -1.92. The monoisotopic (exact) mass is 386 g/mol. The number of primary amides is 1. The van der Waals surface area contributed by atoms with E-state index in [1.807, 2.05) is 0 Å².